The Kier molecular flexibility index (Phi) is 4.55. The van der Waals surface area contributed by atoms with Gasteiger partial charge in [-0.05, 0) is 50.1 Å². The summed E-state index contributed by atoms with van der Waals surface area (Å²) in [6.07, 6.45) is 1.67. The molecule has 3 aromatic rings. The van der Waals surface area contributed by atoms with E-state index in [9.17, 15) is 4.79 Å². The molecule has 2 aromatic heterocycles. The van der Waals surface area contributed by atoms with Crippen molar-refractivity contribution in [1.82, 2.24) is 14.5 Å². The predicted octanol–water partition coefficient (Wildman–Crippen LogP) is 3.04. The summed E-state index contributed by atoms with van der Waals surface area (Å²) in [6.45, 7) is 3.72. The van der Waals surface area contributed by atoms with Crippen LogP contribution in [0.25, 0.3) is 5.69 Å². The monoisotopic (exact) mass is 350 g/mol. The van der Waals surface area contributed by atoms with Gasteiger partial charge < -0.3 is 5.73 Å². The van der Waals surface area contributed by atoms with Gasteiger partial charge in [0.2, 0.25) is 5.82 Å². The standard InChI is InChI=1S/C19H15ClN4O/c1-12-6-8-16(11-22-12)24-13(2)17(23-19(24)18(21)25)9-7-14-4-3-5-15(20)10-14/h3-6,8,10-11H,1-2H3,(H2,21,25). The number of primary amides is 1. The zero-order valence-electron chi connectivity index (χ0n) is 13.7. The van der Waals surface area contributed by atoms with Crippen LogP contribution in [0, 0.1) is 25.7 Å². The zero-order chi connectivity index (χ0) is 18.0. The van der Waals surface area contributed by atoms with Crippen molar-refractivity contribution in [2.45, 2.75) is 13.8 Å². The normalized spacial score (nSPS) is 10.2. The van der Waals surface area contributed by atoms with Gasteiger partial charge in [0.15, 0.2) is 0 Å². The van der Waals surface area contributed by atoms with Crippen LogP contribution in [0.5, 0.6) is 0 Å². The average molecular weight is 351 g/mol. The fraction of sp³-hybridized carbons (Fsp3) is 0.105. The molecule has 0 saturated carbocycles. The number of aryl methyl sites for hydroxylation is 1. The lowest BCUT2D eigenvalue weighted by molar-refractivity contribution is 0.0988. The summed E-state index contributed by atoms with van der Waals surface area (Å²) >= 11 is 5.97. The fourth-order valence-electron chi connectivity index (χ4n) is 2.39. The fourth-order valence-corrected chi connectivity index (χ4v) is 2.58. The molecule has 124 valence electrons. The number of halogens is 1. The topological polar surface area (TPSA) is 73.8 Å². The highest BCUT2D eigenvalue weighted by atomic mass is 35.5. The molecule has 1 aromatic carbocycles. The van der Waals surface area contributed by atoms with Gasteiger partial charge in [0.25, 0.3) is 5.91 Å². The lowest BCUT2D eigenvalue weighted by atomic mass is 10.2. The third-order valence-electron chi connectivity index (χ3n) is 3.63. The molecule has 5 nitrogen and oxygen atoms in total. The van der Waals surface area contributed by atoms with Gasteiger partial charge in [-0.25, -0.2) is 4.98 Å². The molecule has 6 heteroatoms. The van der Waals surface area contributed by atoms with E-state index in [2.05, 4.69) is 21.8 Å². The van der Waals surface area contributed by atoms with Crippen molar-refractivity contribution < 1.29 is 4.79 Å². The van der Waals surface area contributed by atoms with Gasteiger partial charge in [-0.1, -0.05) is 23.6 Å². The number of hydrogen-bond donors (Lipinski definition) is 1. The lowest BCUT2D eigenvalue weighted by Crippen LogP contribution is -2.18. The second kappa shape index (κ2) is 6.80. The van der Waals surface area contributed by atoms with Gasteiger partial charge in [0.1, 0.15) is 5.69 Å². The second-order valence-corrected chi connectivity index (χ2v) is 5.92. The molecular weight excluding hydrogens is 336 g/mol. The van der Waals surface area contributed by atoms with E-state index in [1.807, 2.05) is 38.1 Å². The van der Waals surface area contributed by atoms with E-state index in [0.29, 0.717) is 22.1 Å². The zero-order valence-corrected chi connectivity index (χ0v) is 14.5. The molecule has 0 spiro atoms. The molecular formula is C19H15ClN4O. The van der Waals surface area contributed by atoms with Crippen LogP contribution < -0.4 is 5.73 Å². The van der Waals surface area contributed by atoms with E-state index in [0.717, 1.165) is 11.3 Å². The maximum atomic E-state index is 11.8. The molecule has 0 bridgehead atoms. The summed E-state index contributed by atoms with van der Waals surface area (Å²) in [7, 11) is 0. The number of nitrogens with zero attached hydrogens (tertiary/aromatic N) is 3. The minimum absolute atomic E-state index is 0.124. The number of carbonyl (C=O) groups is 1. The molecule has 0 unspecified atom stereocenters. The van der Waals surface area contributed by atoms with Crippen molar-refractivity contribution in [3.63, 3.8) is 0 Å². The van der Waals surface area contributed by atoms with E-state index in [1.165, 1.54) is 0 Å². The summed E-state index contributed by atoms with van der Waals surface area (Å²) in [5, 5.41) is 0.609. The summed E-state index contributed by atoms with van der Waals surface area (Å²) in [5.41, 5.74) is 9.03. The largest absolute Gasteiger partial charge is 0.363 e. The van der Waals surface area contributed by atoms with E-state index in [-0.39, 0.29) is 5.82 Å². The Morgan fingerprint density at radius 2 is 2.00 bits per heavy atom. The van der Waals surface area contributed by atoms with Crippen molar-refractivity contribution >= 4 is 17.5 Å². The first-order valence-corrected chi connectivity index (χ1v) is 7.93. The Hall–Kier alpha value is -3.10. The quantitative estimate of drug-likeness (QED) is 0.722. The maximum absolute atomic E-state index is 11.8. The maximum Gasteiger partial charge on any atom is 0.285 e. The SMILES string of the molecule is Cc1ccc(-n2c(C(N)=O)nc(C#Cc3cccc(Cl)c3)c2C)cn1. The molecule has 3 rings (SSSR count). The van der Waals surface area contributed by atoms with Crippen LogP contribution in [0.1, 0.15) is 33.3 Å². The lowest BCUT2D eigenvalue weighted by Gasteiger charge is -2.07. The summed E-state index contributed by atoms with van der Waals surface area (Å²) in [5.74, 6) is 5.49. The van der Waals surface area contributed by atoms with Crippen LogP contribution in [0.3, 0.4) is 0 Å². The van der Waals surface area contributed by atoms with Crippen LogP contribution in [0.15, 0.2) is 42.6 Å². The van der Waals surface area contributed by atoms with E-state index < -0.39 is 5.91 Å². The van der Waals surface area contributed by atoms with Crippen LogP contribution in [-0.2, 0) is 0 Å². The number of carbonyl (C=O) groups excluding carboxylic acids is 1. The van der Waals surface area contributed by atoms with E-state index in [1.54, 1.807) is 22.9 Å². The van der Waals surface area contributed by atoms with E-state index >= 15 is 0 Å². The molecule has 0 atom stereocenters. The number of hydrogen-bond acceptors (Lipinski definition) is 3. The number of nitrogens with two attached hydrogens (primary N) is 1. The van der Waals surface area contributed by atoms with Gasteiger partial charge in [0.05, 0.1) is 17.6 Å². The van der Waals surface area contributed by atoms with Gasteiger partial charge >= 0.3 is 0 Å². The number of imidazole rings is 1. The highest BCUT2D eigenvalue weighted by molar-refractivity contribution is 6.30. The number of aromatic nitrogens is 3. The van der Waals surface area contributed by atoms with Crippen molar-refractivity contribution in [3.05, 3.63) is 76.1 Å². The number of rotatable bonds is 2. The first-order valence-electron chi connectivity index (χ1n) is 7.55. The van der Waals surface area contributed by atoms with Crippen molar-refractivity contribution in [2.75, 3.05) is 0 Å². The van der Waals surface area contributed by atoms with Gasteiger partial charge in [-0.3, -0.25) is 14.3 Å². The molecule has 2 N–H and O–H groups in total. The van der Waals surface area contributed by atoms with Gasteiger partial charge in [-0.2, -0.15) is 0 Å². The van der Waals surface area contributed by atoms with Crippen LogP contribution in [-0.4, -0.2) is 20.4 Å². The Bertz CT molecular complexity index is 1010. The van der Waals surface area contributed by atoms with Gasteiger partial charge in [-0.15, -0.1) is 0 Å². The molecule has 0 fully saturated rings. The van der Waals surface area contributed by atoms with Crippen molar-refractivity contribution in [1.29, 1.82) is 0 Å². The Balaban J connectivity index is 2.10. The second-order valence-electron chi connectivity index (χ2n) is 5.49. The summed E-state index contributed by atoms with van der Waals surface area (Å²) in [6, 6.07) is 10.9. The average Bonchev–Trinajstić information content (AvgIpc) is 2.91. The van der Waals surface area contributed by atoms with Crippen LogP contribution in [0.2, 0.25) is 5.02 Å². The highest BCUT2D eigenvalue weighted by Crippen LogP contribution is 2.18. The summed E-state index contributed by atoms with van der Waals surface area (Å²) < 4.78 is 1.66. The first-order chi connectivity index (χ1) is 12.0. The van der Waals surface area contributed by atoms with Crippen LogP contribution >= 0.6 is 11.6 Å². The first kappa shape index (κ1) is 16.7. The third kappa shape index (κ3) is 3.54. The highest BCUT2D eigenvalue weighted by Gasteiger charge is 2.18. The summed E-state index contributed by atoms with van der Waals surface area (Å²) in [4.78, 5) is 20.4. The smallest absolute Gasteiger partial charge is 0.285 e. The van der Waals surface area contributed by atoms with Crippen LogP contribution in [0.4, 0.5) is 0 Å². The molecule has 25 heavy (non-hydrogen) atoms. The Labute approximate surface area is 150 Å². The molecule has 2 heterocycles. The number of amides is 1. The number of benzene rings is 1. The Morgan fingerprint density at radius 3 is 2.64 bits per heavy atom. The molecule has 0 aliphatic rings. The predicted molar refractivity (Wildman–Crippen MR) is 96.8 cm³/mol. The van der Waals surface area contributed by atoms with Crippen molar-refractivity contribution in [2.24, 2.45) is 5.73 Å². The minimum Gasteiger partial charge on any atom is -0.363 e. The molecule has 0 aliphatic carbocycles. The van der Waals surface area contributed by atoms with Gasteiger partial charge in [0, 0.05) is 16.3 Å². The van der Waals surface area contributed by atoms with E-state index in [4.69, 9.17) is 17.3 Å². The number of pyridine rings is 1. The molecule has 0 radical (unpaired) electrons. The minimum atomic E-state index is -0.625. The molecule has 0 aliphatic heterocycles. The van der Waals surface area contributed by atoms with Crippen molar-refractivity contribution in [3.8, 4) is 17.5 Å². The third-order valence-corrected chi connectivity index (χ3v) is 3.87. The Morgan fingerprint density at radius 1 is 1.20 bits per heavy atom. The molecule has 0 saturated heterocycles. The molecule has 1 amide bonds.